The zero-order valence-electron chi connectivity index (χ0n) is 19.7. The van der Waals surface area contributed by atoms with Crippen molar-refractivity contribution in [2.75, 3.05) is 19.6 Å². The van der Waals surface area contributed by atoms with E-state index in [2.05, 4.69) is 30.0 Å². The van der Waals surface area contributed by atoms with E-state index >= 15 is 0 Å². The van der Waals surface area contributed by atoms with Crippen LogP contribution in [0.5, 0.6) is 0 Å². The van der Waals surface area contributed by atoms with Gasteiger partial charge in [-0.3, -0.25) is 4.79 Å². The molecular formula is C26H37ClN4O2. The summed E-state index contributed by atoms with van der Waals surface area (Å²) in [6.45, 7) is 15.3. The summed E-state index contributed by atoms with van der Waals surface area (Å²) < 4.78 is 6.32. The average Bonchev–Trinajstić information content (AvgIpc) is 3.26. The predicted molar refractivity (Wildman–Crippen MR) is 138 cm³/mol. The average molecular weight is 473 g/mol. The molecule has 33 heavy (non-hydrogen) atoms. The van der Waals surface area contributed by atoms with Gasteiger partial charge in [0, 0.05) is 31.4 Å². The van der Waals surface area contributed by atoms with Crippen molar-refractivity contribution in [3.8, 4) is 0 Å². The molecule has 6 nitrogen and oxygen atoms in total. The Kier molecular flexibility index (Phi) is 11.4. The number of ether oxygens (including phenoxy) is 1. The Morgan fingerprint density at radius 3 is 2.76 bits per heavy atom. The molecule has 2 atom stereocenters. The topological polar surface area (TPSA) is 79.9 Å². The maximum atomic E-state index is 11.2. The molecule has 7 heteroatoms. The van der Waals surface area contributed by atoms with Gasteiger partial charge in [0.25, 0.3) is 0 Å². The minimum absolute atomic E-state index is 0.0130. The van der Waals surface area contributed by atoms with Crippen molar-refractivity contribution in [3.63, 3.8) is 0 Å². The number of carbonyl (C=O) groups is 1. The fourth-order valence-corrected chi connectivity index (χ4v) is 3.98. The SMILES string of the molecule is C=C/C(CCCCCN)=N\C(=C(\Cl)C=C)N1CC[C@@H](OC2C=CC(C(=C)NC(C)=O)=CC2)C1. The Balaban J connectivity index is 1.96. The summed E-state index contributed by atoms with van der Waals surface area (Å²) in [6, 6.07) is 0. The highest BCUT2D eigenvalue weighted by Crippen LogP contribution is 2.27. The molecule has 1 aliphatic heterocycles. The normalized spacial score (nSPS) is 21.4. The number of halogens is 1. The largest absolute Gasteiger partial charge is 0.369 e. The van der Waals surface area contributed by atoms with Crippen LogP contribution in [0.1, 0.15) is 45.4 Å². The van der Waals surface area contributed by atoms with Crippen molar-refractivity contribution in [3.05, 3.63) is 72.2 Å². The highest BCUT2D eigenvalue weighted by Gasteiger charge is 2.28. The van der Waals surface area contributed by atoms with Crippen LogP contribution >= 0.6 is 11.6 Å². The summed E-state index contributed by atoms with van der Waals surface area (Å²) in [4.78, 5) is 18.2. The molecule has 1 saturated heterocycles. The number of allylic oxidation sites excluding steroid dienone is 4. The molecule has 0 aromatic carbocycles. The maximum absolute atomic E-state index is 11.2. The van der Waals surface area contributed by atoms with Gasteiger partial charge in [0.15, 0.2) is 0 Å². The van der Waals surface area contributed by atoms with Crippen LogP contribution in [0, 0.1) is 0 Å². The van der Waals surface area contributed by atoms with Crippen LogP contribution in [0.15, 0.2) is 77.2 Å². The molecule has 1 amide bonds. The number of carbonyl (C=O) groups excluding carboxylic acids is 1. The molecule has 0 spiro atoms. The lowest BCUT2D eigenvalue weighted by molar-refractivity contribution is -0.118. The maximum Gasteiger partial charge on any atom is 0.221 e. The fraction of sp³-hybridized carbons (Fsp3) is 0.462. The minimum Gasteiger partial charge on any atom is -0.369 e. The van der Waals surface area contributed by atoms with Gasteiger partial charge in [-0.15, -0.1) is 0 Å². The van der Waals surface area contributed by atoms with Crippen molar-refractivity contribution in [2.45, 2.75) is 57.7 Å². The zero-order chi connectivity index (χ0) is 24.2. The number of nitrogens with two attached hydrogens (primary N) is 1. The molecule has 0 bridgehead atoms. The van der Waals surface area contributed by atoms with Gasteiger partial charge in [-0.25, -0.2) is 4.99 Å². The van der Waals surface area contributed by atoms with Gasteiger partial charge >= 0.3 is 0 Å². The van der Waals surface area contributed by atoms with Crippen molar-refractivity contribution in [1.82, 2.24) is 10.2 Å². The summed E-state index contributed by atoms with van der Waals surface area (Å²) >= 11 is 6.48. The Bertz CT molecular complexity index is 856. The highest BCUT2D eigenvalue weighted by atomic mass is 35.5. The molecular weight excluding hydrogens is 436 g/mol. The van der Waals surface area contributed by atoms with E-state index in [1.54, 1.807) is 12.2 Å². The third-order valence-corrected chi connectivity index (χ3v) is 5.89. The highest BCUT2D eigenvalue weighted by molar-refractivity contribution is 6.31. The van der Waals surface area contributed by atoms with Gasteiger partial charge in [0.1, 0.15) is 5.82 Å². The van der Waals surface area contributed by atoms with E-state index in [-0.39, 0.29) is 18.1 Å². The number of amides is 1. The minimum atomic E-state index is -0.126. The molecule has 0 aromatic rings. The van der Waals surface area contributed by atoms with Gasteiger partial charge in [-0.1, -0.05) is 56.0 Å². The molecule has 3 N–H and O–H groups in total. The lowest BCUT2D eigenvalue weighted by Gasteiger charge is -2.23. The monoisotopic (exact) mass is 472 g/mol. The van der Waals surface area contributed by atoms with Crippen LogP contribution in [0.2, 0.25) is 0 Å². The Hall–Kier alpha value is -2.41. The van der Waals surface area contributed by atoms with Gasteiger partial charge in [0.05, 0.1) is 17.2 Å². The quantitative estimate of drug-likeness (QED) is 0.231. The number of hydrogen-bond donors (Lipinski definition) is 2. The lowest BCUT2D eigenvalue weighted by atomic mass is 10.0. The molecule has 0 radical (unpaired) electrons. The summed E-state index contributed by atoms with van der Waals surface area (Å²) in [5.41, 5.74) is 8.02. The molecule has 2 rings (SSSR count). The summed E-state index contributed by atoms with van der Waals surface area (Å²) in [5.74, 6) is 0.595. The first-order valence-electron chi connectivity index (χ1n) is 11.6. The molecule has 1 aliphatic carbocycles. The van der Waals surface area contributed by atoms with Gasteiger partial charge in [-0.2, -0.15) is 0 Å². The first-order chi connectivity index (χ1) is 15.9. The first kappa shape index (κ1) is 26.8. The van der Waals surface area contributed by atoms with E-state index in [1.807, 2.05) is 18.2 Å². The van der Waals surface area contributed by atoms with Gasteiger partial charge in [0.2, 0.25) is 5.91 Å². The Morgan fingerprint density at radius 2 is 2.15 bits per heavy atom. The van der Waals surface area contributed by atoms with E-state index in [0.717, 1.165) is 62.2 Å². The van der Waals surface area contributed by atoms with E-state index in [4.69, 9.17) is 27.1 Å². The molecule has 0 saturated carbocycles. The molecule has 1 heterocycles. The van der Waals surface area contributed by atoms with Crippen LogP contribution < -0.4 is 11.1 Å². The number of nitrogens with one attached hydrogen (secondary N) is 1. The smallest absolute Gasteiger partial charge is 0.221 e. The van der Waals surface area contributed by atoms with Crippen LogP contribution in [0.25, 0.3) is 0 Å². The molecule has 180 valence electrons. The van der Waals surface area contributed by atoms with Crippen LogP contribution in [-0.2, 0) is 9.53 Å². The Morgan fingerprint density at radius 1 is 1.36 bits per heavy atom. The van der Waals surface area contributed by atoms with Crippen LogP contribution in [-0.4, -0.2) is 48.4 Å². The van der Waals surface area contributed by atoms with E-state index < -0.39 is 0 Å². The third kappa shape index (κ3) is 8.80. The van der Waals surface area contributed by atoms with Crippen LogP contribution in [0.3, 0.4) is 0 Å². The van der Waals surface area contributed by atoms with E-state index in [9.17, 15) is 4.79 Å². The summed E-state index contributed by atoms with van der Waals surface area (Å²) in [7, 11) is 0. The van der Waals surface area contributed by atoms with Gasteiger partial charge in [-0.05, 0) is 56.4 Å². The number of likely N-dealkylation sites (tertiary alicyclic amines) is 1. The standard InChI is InChI=1S/C26H37ClN4O2/c1-5-22(10-8-7-9-16-28)30-26(25(27)6-2)31-17-15-24(18-31)33-23-13-11-21(12-14-23)19(3)29-20(4)32/h5-6,11-13,23-24H,1-3,7-10,14-18,28H2,4H3,(H,29,32)/b26-25-,30-22+/t23?,24-/m1/s1. The fourth-order valence-electron chi connectivity index (χ4n) is 3.82. The molecule has 0 aromatic heterocycles. The zero-order valence-corrected chi connectivity index (χ0v) is 20.4. The second kappa shape index (κ2) is 14.0. The van der Waals surface area contributed by atoms with E-state index in [0.29, 0.717) is 23.8 Å². The van der Waals surface area contributed by atoms with E-state index in [1.165, 1.54) is 6.92 Å². The predicted octanol–water partition coefficient (Wildman–Crippen LogP) is 4.72. The second-order valence-corrected chi connectivity index (χ2v) is 8.63. The molecule has 2 aliphatic rings. The van der Waals surface area contributed by atoms with Crippen molar-refractivity contribution in [2.24, 2.45) is 10.7 Å². The van der Waals surface area contributed by atoms with Gasteiger partial charge < -0.3 is 20.7 Å². The number of rotatable bonds is 13. The third-order valence-electron chi connectivity index (χ3n) is 5.56. The molecule has 1 fully saturated rings. The number of hydrogen-bond acceptors (Lipinski definition) is 5. The van der Waals surface area contributed by atoms with Crippen LogP contribution in [0.4, 0.5) is 0 Å². The second-order valence-electron chi connectivity index (χ2n) is 8.23. The van der Waals surface area contributed by atoms with Crippen molar-refractivity contribution < 1.29 is 9.53 Å². The molecule has 1 unspecified atom stereocenters. The van der Waals surface area contributed by atoms with Crippen molar-refractivity contribution in [1.29, 1.82) is 0 Å². The first-order valence-corrected chi connectivity index (χ1v) is 11.9. The number of unbranched alkanes of at least 4 members (excludes halogenated alkanes) is 2. The number of aliphatic imine (C=N–C) groups is 1. The summed E-state index contributed by atoms with van der Waals surface area (Å²) in [6.07, 6.45) is 15.1. The number of nitrogens with zero attached hydrogens (tertiary/aromatic N) is 2. The summed E-state index contributed by atoms with van der Waals surface area (Å²) in [5, 5.41) is 3.25. The van der Waals surface area contributed by atoms with Crippen molar-refractivity contribution >= 4 is 23.2 Å². The Labute approximate surface area is 203 Å². The lowest BCUT2D eigenvalue weighted by Crippen LogP contribution is -2.27.